The average Bonchev–Trinajstić information content (AvgIpc) is 2.03. The largest absolute Gasteiger partial charge is 0.366 e. The lowest BCUT2D eigenvalue weighted by Crippen LogP contribution is -2.11. The van der Waals surface area contributed by atoms with Gasteiger partial charge in [-0.15, -0.1) is 0 Å². The lowest BCUT2D eigenvalue weighted by atomic mass is 10.1. The van der Waals surface area contributed by atoms with Gasteiger partial charge in [-0.25, -0.2) is 0 Å². The molecule has 1 amide bonds. The van der Waals surface area contributed by atoms with Crippen molar-refractivity contribution in [3.8, 4) is 0 Å². The molecule has 0 atom stereocenters. The molecule has 0 rings (SSSR count). The normalized spacial score (nSPS) is 11.7. The summed E-state index contributed by atoms with van der Waals surface area (Å²) in [5.41, 5.74) is 5.76. The first kappa shape index (κ1) is 11.2. The number of rotatable bonds is 6. The van der Waals surface area contributed by atoms with Crippen LogP contribution in [-0.4, -0.2) is 5.91 Å². The highest BCUT2D eigenvalue weighted by Crippen LogP contribution is 2.04. The van der Waals surface area contributed by atoms with Crippen LogP contribution in [0, 0.1) is 0 Å². The van der Waals surface area contributed by atoms with Crippen molar-refractivity contribution in [1.29, 1.82) is 0 Å². The predicted molar refractivity (Wildman–Crippen MR) is 51.7 cm³/mol. The second kappa shape index (κ2) is 6.89. The Morgan fingerprint density at radius 1 is 1.33 bits per heavy atom. The molecule has 0 saturated carbocycles. The van der Waals surface area contributed by atoms with Gasteiger partial charge in [0.1, 0.15) is 0 Å². The summed E-state index contributed by atoms with van der Waals surface area (Å²) in [4.78, 5) is 10.6. The summed E-state index contributed by atoms with van der Waals surface area (Å²) in [6.07, 6.45) is 7.85. The molecule has 0 saturated heterocycles. The Morgan fingerprint density at radius 2 is 2.00 bits per heavy atom. The first-order chi connectivity index (χ1) is 5.68. The van der Waals surface area contributed by atoms with E-state index in [2.05, 4.69) is 6.92 Å². The summed E-state index contributed by atoms with van der Waals surface area (Å²) in [7, 11) is 0. The number of carbonyl (C=O) groups excluding carboxylic acids is 1. The molecule has 0 unspecified atom stereocenters. The molecule has 2 N–H and O–H groups in total. The molecule has 0 aromatic rings. The molecule has 0 aliphatic carbocycles. The number of allylic oxidation sites excluding steroid dienone is 1. The smallest absolute Gasteiger partial charge is 0.244 e. The summed E-state index contributed by atoms with van der Waals surface area (Å²) in [6.45, 7) is 3.95. The summed E-state index contributed by atoms with van der Waals surface area (Å²) in [5.74, 6) is -0.300. The van der Waals surface area contributed by atoms with Crippen LogP contribution >= 0.6 is 0 Å². The maximum atomic E-state index is 10.6. The van der Waals surface area contributed by atoms with Gasteiger partial charge in [0.15, 0.2) is 0 Å². The number of carbonyl (C=O) groups is 1. The zero-order valence-electron chi connectivity index (χ0n) is 8.10. The molecule has 2 heteroatoms. The van der Waals surface area contributed by atoms with Crippen LogP contribution in [0.25, 0.3) is 0 Å². The van der Waals surface area contributed by atoms with E-state index in [9.17, 15) is 4.79 Å². The number of nitrogens with two attached hydrogens (primary N) is 1. The second-order valence-electron chi connectivity index (χ2n) is 3.10. The van der Waals surface area contributed by atoms with Gasteiger partial charge in [-0.1, -0.05) is 32.3 Å². The van der Waals surface area contributed by atoms with Crippen molar-refractivity contribution in [2.45, 2.75) is 46.0 Å². The third-order valence-electron chi connectivity index (χ3n) is 1.90. The molecule has 0 aromatic carbocycles. The van der Waals surface area contributed by atoms with Crippen LogP contribution in [-0.2, 0) is 4.79 Å². The van der Waals surface area contributed by atoms with Crippen molar-refractivity contribution >= 4 is 5.91 Å². The van der Waals surface area contributed by atoms with E-state index in [0.29, 0.717) is 5.57 Å². The molecular formula is C10H19NO. The molecule has 0 fully saturated rings. The maximum absolute atomic E-state index is 10.6. The van der Waals surface area contributed by atoms with Gasteiger partial charge in [-0.05, 0) is 19.8 Å². The molecule has 2 nitrogen and oxygen atoms in total. The van der Waals surface area contributed by atoms with Crippen LogP contribution in [0.5, 0.6) is 0 Å². The van der Waals surface area contributed by atoms with Gasteiger partial charge in [-0.2, -0.15) is 0 Å². The van der Waals surface area contributed by atoms with Crippen LogP contribution in [0.1, 0.15) is 46.0 Å². The Labute approximate surface area is 74.8 Å². The third kappa shape index (κ3) is 5.96. The van der Waals surface area contributed by atoms with E-state index in [1.54, 1.807) is 6.92 Å². The van der Waals surface area contributed by atoms with Crippen molar-refractivity contribution in [3.63, 3.8) is 0 Å². The fraction of sp³-hybridized carbons (Fsp3) is 0.700. The molecule has 0 spiro atoms. The Balaban J connectivity index is 3.40. The van der Waals surface area contributed by atoms with Gasteiger partial charge < -0.3 is 5.73 Å². The molecule has 12 heavy (non-hydrogen) atoms. The standard InChI is InChI=1S/C10H19NO/c1-3-4-5-6-7-8-9(2)10(11)12/h8H,3-7H2,1-2H3,(H2,11,12)/b9-8+. The lowest BCUT2D eigenvalue weighted by Gasteiger charge is -1.96. The van der Waals surface area contributed by atoms with Gasteiger partial charge >= 0.3 is 0 Å². The minimum absolute atomic E-state index is 0.300. The summed E-state index contributed by atoms with van der Waals surface area (Å²) in [5, 5.41) is 0. The average molecular weight is 169 g/mol. The molecule has 0 heterocycles. The van der Waals surface area contributed by atoms with E-state index in [1.807, 2.05) is 6.08 Å². The fourth-order valence-corrected chi connectivity index (χ4v) is 0.990. The third-order valence-corrected chi connectivity index (χ3v) is 1.90. The molecule has 0 radical (unpaired) electrons. The lowest BCUT2D eigenvalue weighted by molar-refractivity contribution is -0.114. The first-order valence-corrected chi connectivity index (χ1v) is 4.65. The van der Waals surface area contributed by atoms with Crippen LogP contribution in [0.3, 0.4) is 0 Å². The van der Waals surface area contributed by atoms with E-state index in [-0.39, 0.29) is 5.91 Å². The van der Waals surface area contributed by atoms with Crippen molar-refractivity contribution in [1.82, 2.24) is 0 Å². The minimum Gasteiger partial charge on any atom is -0.366 e. The summed E-state index contributed by atoms with van der Waals surface area (Å²) < 4.78 is 0. The Kier molecular flexibility index (Phi) is 6.44. The Bertz CT molecular complexity index is 161. The quantitative estimate of drug-likeness (QED) is 0.481. The van der Waals surface area contributed by atoms with E-state index in [0.717, 1.165) is 6.42 Å². The van der Waals surface area contributed by atoms with Crippen molar-refractivity contribution in [2.75, 3.05) is 0 Å². The summed E-state index contributed by atoms with van der Waals surface area (Å²) in [6, 6.07) is 0. The van der Waals surface area contributed by atoms with Gasteiger partial charge in [0.05, 0.1) is 0 Å². The van der Waals surface area contributed by atoms with Crippen molar-refractivity contribution in [2.24, 2.45) is 5.73 Å². The monoisotopic (exact) mass is 169 g/mol. The van der Waals surface area contributed by atoms with Crippen LogP contribution in [0.15, 0.2) is 11.6 Å². The SMILES string of the molecule is CCCCCC/C=C(\C)C(N)=O. The predicted octanol–water partition coefficient (Wildman–Crippen LogP) is 2.39. The van der Waals surface area contributed by atoms with Gasteiger partial charge in [0, 0.05) is 5.57 Å². The number of primary amides is 1. The molecule has 0 aliphatic heterocycles. The number of hydrogen-bond acceptors (Lipinski definition) is 1. The van der Waals surface area contributed by atoms with Crippen LogP contribution in [0.4, 0.5) is 0 Å². The molecule has 0 bridgehead atoms. The van der Waals surface area contributed by atoms with Gasteiger partial charge in [0.2, 0.25) is 5.91 Å². The fourth-order valence-electron chi connectivity index (χ4n) is 0.990. The Morgan fingerprint density at radius 3 is 2.50 bits per heavy atom. The zero-order valence-corrected chi connectivity index (χ0v) is 8.10. The highest BCUT2D eigenvalue weighted by molar-refractivity contribution is 5.91. The number of hydrogen-bond donors (Lipinski definition) is 1. The van der Waals surface area contributed by atoms with Gasteiger partial charge in [-0.3, -0.25) is 4.79 Å². The van der Waals surface area contributed by atoms with Gasteiger partial charge in [0.25, 0.3) is 0 Å². The van der Waals surface area contributed by atoms with Crippen molar-refractivity contribution < 1.29 is 4.79 Å². The molecule has 0 aliphatic rings. The molecule has 70 valence electrons. The Hall–Kier alpha value is -0.790. The van der Waals surface area contributed by atoms with Crippen LogP contribution in [0.2, 0.25) is 0 Å². The topological polar surface area (TPSA) is 43.1 Å². The van der Waals surface area contributed by atoms with Crippen molar-refractivity contribution in [3.05, 3.63) is 11.6 Å². The second-order valence-corrected chi connectivity index (χ2v) is 3.10. The van der Waals surface area contributed by atoms with E-state index >= 15 is 0 Å². The van der Waals surface area contributed by atoms with E-state index in [1.165, 1.54) is 25.7 Å². The highest BCUT2D eigenvalue weighted by Gasteiger charge is 1.94. The first-order valence-electron chi connectivity index (χ1n) is 4.65. The number of amides is 1. The summed E-state index contributed by atoms with van der Waals surface area (Å²) >= 11 is 0. The molecular weight excluding hydrogens is 150 g/mol. The zero-order chi connectivity index (χ0) is 9.40. The number of unbranched alkanes of at least 4 members (excludes halogenated alkanes) is 4. The van der Waals surface area contributed by atoms with E-state index < -0.39 is 0 Å². The molecule has 0 aromatic heterocycles. The van der Waals surface area contributed by atoms with E-state index in [4.69, 9.17) is 5.73 Å². The maximum Gasteiger partial charge on any atom is 0.244 e. The highest BCUT2D eigenvalue weighted by atomic mass is 16.1. The minimum atomic E-state index is -0.300. The van der Waals surface area contributed by atoms with Crippen LogP contribution < -0.4 is 5.73 Å².